The Kier molecular flexibility index (Phi) is 4.91. The van der Waals surface area contributed by atoms with Crippen LogP contribution < -0.4 is 0 Å². The summed E-state index contributed by atoms with van der Waals surface area (Å²) < 4.78 is 1.82. The molecule has 0 aliphatic heterocycles. The molecule has 0 saturated heterocycles. The van der Waals surface area contributed by atoms with Gasteiger partial charge >= 0.3 is 0 Å². The maximum Gasteiger partial charge on any atom is 0.246 e. The molecule has 0 aliphatic rings. The van der Waals surface area contributed by atoms with Gasteiger partial charge in [-0.05, 0) is 37.3 Å². The van der Waals surface area contributed by atoms with E-state index in [-0.39, 0.29) is 5.91 Å². The van der Waals surface area contributed by atoms with Crippen molar-refractivity contribution in [2.75, 3.05) is 7.05 Å². The summed E-state index contributed by atoms with van der Waals surface area (Å²) >= 11 is 1.68. The lowest BCUT2D eigenvalue weighted by atomic mass is 10.3. The normalized spacial score (nSPS) is 11.1. The van der Waals surface area contributed by atoms with Gasteiger partial charge in [0.05, 0.1) is 11.9 Å². The van der Waals surface area contributed by atoms with Crippen LogP contribution >= 0.6 is 11.3 Å². The predicted molar refractivity (Wildman–Crippen MR) is 98.1 cm³/mol. The van der Waals surface area contributed by atoms with Crippen LogP contribution in [0.5, 0.6) is 0 Å². The number of thiophene rings is 1. The molecule has 1 amide bonds. The Bertz CT molecular complexity index is 848. The summed E-state index contributed by atoms with van der Waals surface area (Å²) in [5.41, 5.74) is 2.00. The van der Waals surface area contributed by atoms with Gasteiger partial charge in [-0.25, -0.2) is 4.68 Å². The number of aromatic nitrogens is 2. The van der Waals surface area contributed by atoms with Crippen LogP contribution in [0.2, 0.25) is 0 Å². The van der Waals surface area contributed by atoms with Gasteiger partial charge in [-0.3, -0.25) is 4.79 Å². The summed E-state index contributed by atoms with van der Waals surface area (Å²) in [6.07, 6.45) is 7.23. The van der Waals surface area contributed by atoms with Crippen LogP contribution in [0.1, 0.15) is 15.3 Å². The molecule has 0 aliphatic carbocycles. The first-order chi connectivity index (χ1) is 11.6. The first-order valence-corrected chi connectivity index (χ1v) is 8.52. The molecule has 2 heterocycles. The van der Waals surface area contributed by atoms with E-state index in [4.69, 9.17) is 0 Å². The topological polar surface area (TPSA) is 38.1 Å². The van der Waals surface area contributed by atoms with Crippen LogP contribution in [0.3, 0.4) is 0 Å². The highest BCUT2D eigenvalue weighted by Gasteiger charge is 2.08. The number of aryl methyl sites for hydroxylation is 1. The number of hydrogen-bond donors (Lipinski definition) is 0. The molecular weight excluding hydrogens is 318 g/mol. The summed E-state index contributed by atoms with van der Waals surface area (Å²) in [7, 11) is 1.80. The monoisotopic (exact) mass is 337 g/mol. The van der Waals surface area contributed by atoms with E-state index in [2.05, 4.69) is 18.1 Å². The maximum absolute atomic E-state index is 12.2. The standard InChI is InChI=1S/C19H19N3OS/c1-15-8-9-18(24-15)10-11-19(23)21(2)13-16-12-20-22(14-16)17-6-4-3-5-7-17/h3-12,14H,13H2,1-2H3/b11-10+. The lowest BCUT2D eigenvalue weighted by Crippen LogP contribution is -2.23. The van der Waals surface area contributed by atoms with Crippen LogP contribution in [0.25, 0.3) is 11.8 Å². The molecule has 0 spiro atoms. The lowest BCUT2D eigenvalue weighted by Gasteiger charge is -2.13. The van der Waals surface area contributed by atoms with Gasteiger partial charge in [0.15, 0.2) is 0 Å². The molecule has 2 aromatic heterocycles. The number of carbonyl (C=O) groups is 1. The fraction of sp³-hybridized carbons (Fsp3) is 0.158. The van der Waals surface area contributed by atoms with E-state index in [0.29, 0.717) is 6.54 Å². The molecule has 0 saturated carbocycles. The molecule has 0 radical (unpaired) electrons. The lowest BCUT2D eigenvalue weighted by molar-refractivity contribution is -0.125. The van der Waals surface area contributed by atoms with Crippen molar-refractivity contribution in [3.05, 3.63) is 76.3 Å². The second-order valence-electron chi connectivity index (χ2n) is 5.60. The molecule has 3 rings (SSSR count). The van der Waals surface area contributed by atoms with Gasteiger partial charge < -0.3 is 4.90 Å². The molecule has 0 unspecified atom stereocenters. The summed E-state index contributed by atoms with van der Waals surface area (Å²) in [5.74, 6) is -0.0199. The van der Waals surface area contributed by atoms with Gasteiger partial charge in [0, 0.05) is 41.2 Å². The smallest absolute Gasteiger partial charge is 0.246 e. The van der Waals surface area contributed by atoms with E-state index in [1.807, 2.05) is 53.4 Å². The van der Waals surface area contributed by atoms with Crippen LogP contribution in [-0.4, -0.2) is 27.6 Å². The molecular formula is C19H19N3OS. The highest BCUT2D eigenvalue weighted by Crippen LogP contribution is 2.16. The molecule has 4 nitrogen and oxygen atoms in total. The molecule has 0 fully saturated rings. The van der Waals surface area contributed by atoms with Gasteiger partial charge in [-0.15, -0.1) is 11.3 Å². The van der Waals surface area contributed by atoms with E-state index in [1.54, 1.807) is 35.6 Å². The van der Waals surface area contributed by atoms with Crippen LogP contribution in [0.15, 0.2) is 60.9 Å². The Morgan fingerprint density at radius 3 is 2.75 bits per heavy atom. The van der Waals surface area contributed by atoms with Crippen molar-refractivity contribution >= 4 is 23.3 Å². The van der Waals surface area contributed by atoms with Crippen molar-refractivity contribution in [1.82, 2.24) is 14.7 Å². The zero-order chi connectivity index (χ0) is 16.9. The number of nitrogens with zero attached hydrogens (tertiary/aromatic N) is 3. The third kappa shape index (κ3) is 4.00. The molecule has 0 N–H and O–H groups in total. The van der Waals surface area contributed by atoms with E-state index in [1.165, 1.54) is 4.88 Å². The fourth-order valence-corrected chi connectivity index (χ4v) is 3.12. The second-order valence-corrected chi connectivity index (χ2v) is 6.92. The summed E-state index contributed by atoms with van der Waals surface area (Å²) in [6, 6.07) is 14.0. The Hall–Kier alpha value is -2.66. The highest BCUT2D eigenvalue weighted by atomic mass is 32.1. The quantitative estimate of drug-likeness (QED) is 0.662. The molecule has 1 aromatic carbocycles. The Balaban J connectivity index is 1.62. The number of carbonyl (C=O) groups excluding carboxylic acids is 1. The Morgan fingerprint density at radius 1 is 1.25 bits per heavy atom. The van der Waals surface area contributed by atoms with Crippen LogP contribution in [-0.2, 0) is 11.3 Å². The predicted octanol–water partition coefficient (Wildman–Crippen LogP) is 3.91. The average Bonchev–Trinajstić information content (AvgIpc) is 3.22. The minimum Gasteiger partial charge on any atom is -0.338 e. The number of para-hydroxylation sites is 1. The molecule has 0 atom stereocenters. The highest BCUT2D eigenvalue weighted by molar-refractivity contribution is 7.12. The Morgan fingerprint density at radius 2 is 2.04 bits per heavy atom. The molecule has 122 valence electrons. The van der Waals surface area contributed by atoms with Crippen molar-refractivity contribution in [2.24, 2.45) is 0 Å². The van der Waals surface area contributed by atoms with Gasteiger partial charge in [0.1, 0.15) is 0 Å². The van der Waals surface area contributed by atoms with Gasteiger partial charge in [-0.1, -0.05) is 18.2 Å². The zero-order valence-electron chi connectivity index (χ0n) is 13.7. The summed E-state index contributed by atoms with van der Waals surface area (Å²) in [6.45, 7) is 2.58. The second kappa shape index (κ2) is 7.27. The zero-order valence-corrected chi connectivity index (χ0v) is 14.5. The number of benzene rings is 1. The number of amides is 1. The van der Waals surface area contributed by atoms with Crippen molar-refractivity contribution in [1.29, 1.82) is 0 Å². The third-order valence-electron chi connectivity index (χ3n) is 3.60. The molecule has 3 aromatic rings. The molecule has 24 heavy (non-hydrogen) atoms. The first kappa shape index (κ1) is 16.2. The van der Waals surface area contributed by atoms with Gasteiger partial charge in [0.2, 0.25) is 5.91 Å². The maximum atomic E-state index is 12.2. The number of hydrogen-bond acceptors (Lipinski definition) is 3. The van der Waals surface area contributed by atoms with E-state index >= 15 is 0 Å². The van der Waals surface area contributed by atoms with E-state index in [0.717, 1.165) is 16.1 Å². The van der Waals surface area contributed by atoms with Crippen molar-refractivity contribution in [3.63, 3.8) is 0 Å². The van der Waals surface area contributed by atoms with Crippen LogP contribution in [0.4, 0.5) is 0 Å². The molecule has 5 heteroatoms. The van der Waals surface area contributed by atoms with Crippen molar-refractivity contribution in [3.8, 4) is 5.69 Å². The summed E-state index contributed by atoms with van der Waals surface area (Å²) in [5, 5.41) is 4.36. The minimum absolute atomic E-state index is 0.0199. The third-order valence-corrected chi connectivity index (χ3v) is 4.57. The van der Waals surface area contributed by atoms with E-state index in [9.17, 15) is 4.79 Å². The first-order valence-electron chi connectivity index (χ1n) is 7.70. The molecule has 0 bridgehead atoms. The fourth-order valence-electron chi connectivity index (χ4n) is 2.34. The van der Waals surface area contributed by atoms with Gasteiger partial charge in [0.25, 0.3) is 0 Å². The number of rotatable bonds is 5. The van der Waals surface area contributed by atoms with E-state index < -0.39 is 0 Å². The van der Waals surface area contributed by atoms with Gasteiger partial charge in [-0.2, -0.15) is 5.10 Å². The Labute approximate surface area is 145 Å². The largest absolute Gasteiger partial charge is 0.338 e. The van der Waals surface area contributed by atoms with Crippen LogP contribution in [0, 0.1) is 6.92 Å². The SMILES string of the molecule is Cc1ccc(/C=C/C(=O)N(C)Cc2cnn(-c3ccccc3)c2)s1. The minimum atomic E-state index is -0.0199. The number of likely N-dealkylation sites (N-methyl/N-ethyl adjacent to an activating group) is 1. The van der Waals surface area contributed by atoms with Crippen molar-refractivity contribution < 1.29 is 4.79 Å². The summed E-state index contributed by atoms with van der Waals surface area (Å²) in [4.78, 5) is 16.2. The van der Waals surface area contributed by atoms with Crippen molar-refractivity contribution in [2.45, 2.75) is 13.5 Å². The average molecular weight is 337 g/mol.